The van der Waals surface area contributed by atoms with Gasteiger partial charge in [-0.25, -0.2) is 4.39 Å². The highest BCUT2D eigenvalue weighted by atomic mass is 19.1. The first-order chi connectivity index (χ1) is 12.0. The number of nitrogens with one attached hydrogen (secondary N) is 1. The highest BCUT2D eigenvalue weighted by molar-refractivity contribution is 5.76. The van der Waals surface area contributed by atoms with Crippen LogP contribution >= 0.6 is 0 Å². The quantitative estimate of drug-likeness (QED) is 0.906. The number of benzene rings is 2. The number of carbonyl (C=O) groups excluding carboxylic acids is 1. The molecule has 2 aromatic carbocycles. The van der Waals surface area contributed by atoms with Crippen LogP contribution in [0, 0.1) is 12.7 Å². The van der Waals surface area contributed by atoms with Crippen LogP contribution in [0.4, 0.5) is 4.39 Å². The molecule has 0 unspecified atom stereocenters. The lowest BCUT2D eigenvalue weighted by Crippen LogP contribution is -2.45. The molecular weight excluding hydrogens is 315 g/mol. The molecule has 2 aromatic rings. The van der Waals surface area contributed by atoms with Crippen molar-refractivity contribution in [2.24, 2.45) is 0 Å². The molecule has 3 rings (SSSR count). The van der Waals surface area contributed by atoms with Crippen LogP contribution in [-0.4, -0.2) is 30.4 Å². The Hall–Kier alpha value is -2.20. The molecular formula is C21H25FN2O. The van der Waals surface area contributed by atoms with E-state index in [1.807, 2.05) is 6.07 Å². The van der Waals surface area contributed by atoms with E-state index in [0.29, 0.717) is 25.4 Å². The second-order valence-corrected chi connectivity index (χ2v) is 6.98. The van der Waals surface area contributed by atoms with Gasteiger partial charge >= 0.3 is 0 Å². The molecule has 0 radical (unpaired) electrons. The van der Waals surface area contributed by atoms with Crippen LogP contribution in [0.25, 0.3) is 0 Å². The van der Waals surface area contributed by atoms with Gasteiger partial charge in [-0.1, -0.05) is 35.9 Å². The van der Waals surface area contributed by atoms with Gasteiger partial charge in [0.25, 0.3) is 0 Å². The van der Waals surface area contributed by atoms with Crippen LogP contribution in [0.3, 0.4) is 0 Å². The van der Waals surface area contributed by atoms with Crippen molar-refractivity contribution in [3.8, 4) is 0 Å². The fraction of sp³-hybridized carbons (Fsp3) is 0.381. The van der Waals surface area contributed by atoms with E-state index >= 15 is 0 Å². The molecule has 1 atom stereocenters. The van der Waals surface area contributed by atoms with E-state index in [9.17, 15) is 9.18 Å². The number of rotatable bonds is 5. The van der Waals surface area contributed by atoms with E-state index in [1.54, 1.807) is 6.07 Å². The molecule has 1 aliphatic rings. The van der Waals surface area contributed by atoms with Gasteiger partial charge in [-0.2, -0.15) is 0 Å². The monoisotopic (exact) mass is 340 g/mol. The van der Waals surface area contributed by atoms with Gasteiger partial charge < -0.3 is 5.32 Å². The predicted octanol–water partition coefficient (Wildman–Crippen LogP) is 3.24. The largest absolute Gasteiger partial charge is 0.355 e. The van der Waals surface area contributed by atoms with Gasteiger partial charge in [0, 0.05) is 25.6 Å². The maximum absolute atomic E-state index is 13.2. The van der Waals surface area contributed by atoms with Crippen LogP contribution in [0.1, 0.15) is 28.7 Å². The Kier molecular flexibility index (Phi) is 5.49. The number of halogens is 1. The molecule has 4 heteroatoms. The normalized spacial score (nSPS) is 17.2. The summed E-state index contributed by atoms with van der Waals surface area (Å²) in [6, 6.07) is 13.4. The molecule has 132 valence electrons. The van der Waals surface area contributed by atoms with E-state index in [1.165, 1.54) is 28.8 Å². The lowest BCUT2D eigenvalue weighted by atomic mass is 9.93. The van der Waals surface area contributed by atoms with Crippen LogP contribution in [0.2, 0.25) is 0 Å². The summed E-state index contributed by atoms with van der Waals surface area (Å²) in [5.74, 6) is -0.233. The van der Waals surface area contributed by atoms with Gasteiger partial charge in [0.05, 0.1) is 0 Å². The Morgan fingerprint density at radius 2 is 2.08 bits per heavy atom. The summed E-state index contributed by atoms with van der Waals surface area (Å²) in [4.78, 5) is 14.4. The Bertz CT molecular complexity index is 759. The van der Waals surface area contributed by atoms with Crippen molar-refractivity contribution in [3.63, 3.8) is 0 Å². The van der Waals surface area contributed by atoms with Crippen LogP contribution in [0.5, 0.6) is 0 Å². The second kappa shape index (κ2) is 7.79. The van der Waals surface area contributed by atoms with Crippen molar-refractivity contribution >= 4 is 5.91 Å². The number of aryl methyl sites for hydroxylation is 2. The van der Waals surface area contributed by atoms with E-state index in [-0.39, 0.29) is 11.7 Å². The molecule has 0 fully saturated rings. The number of fused-ring (bicyclic) bond motifs is 1. The van der Waals surface area contributed by atoms with Crippen LogP contribution < -0.4 is 5.32 Å². The number of carbonyl (C=O) groups is 1. The summed E-state index contributed by atoms with van der Waals surface area (Å²) >= 11 is 0. The standard InChI is InChI=1S/C21H25FN2O/c1-15-6-8-17-14-24(2)20(12-18(17)10-15)13-23-21(25)9-7-16-4-3-5-19(22)11-16/h3-6,8,10-11,20H,7,9,12-14H2,1-2H3,(H,23,25)/t20-/m1/s1. The van der Waals surface area contributed by atoms with Gasteiger partial charge in [-0.15, -0.1) is 0 Å². The summed E-state index contributed by atoms with van der Waals surface area (Å²) in [7, 11) is 2.10. The van der Waals surface area contributed by atoms with Crippen LogP contribution in [-0.2, 0) is 24.2 Å². The fourth-order valence-corrected chi connectivity index (χ4v) is 3.40. The zero-order chi connectivity index (χ0) is 17.8. The highest BCUT2D eigenvalue weighted by Gasteiger charge is 2.23. The van der Waals surface area contributed by atoms with Gasteiger partial charge in [0.2, 0.25) is 5.91 Å². The minimum absolute atomic E-state index is 0.0210. The molecule has 1 aliphatic heterocycles. The summed E-state index contributed by atoms with van der Waals surface area (Å²) in [5.41, 5.74) is 4.90. The molecule has 1 amide bonds. The first-order valence-corrected chi connectivity index (χ1v) is 8.81. The smallest absolute Gasteiger partial charge is 0.220 e. The number of likely N-dealkylation sites (N-methyl/N-ethyl adjacent to an activating group) is 1. The van der Waals surface area contributed by atoms with E-state index in [0.717, 1.165) is 18.5 Å². The average molecular weight is 340 g/mol. The molecule has 1 heterocycles. The molecule has 0 bridgehead atoms. The maximum atomic E-state index is 13.2. The second-order valence-electron chi connectivity index (χ2n) is 6.98. The number of hydrogen-bond donors (Lipinski definition) is 1. The summed E-state index contributed by atoms with van der Waals surface area (Å²) in [6.07, 6.45) is 1.90. The van der Waals surface area contributed by atoms with Crippen molar-refractivity contribution in [2.75, 3.05) is 13.6 Å². The molecule has 3 nitrogen and oxygen atoms in total. The van der Waals surface area contributed by atoms with Gasteiger partial charge in [-0.3, -0.25) is 9.69 Å². The third-order valence-electron chi connectivity index (χ3n) is 4.93. The zero-order valence-electron chi connectivity index (χ0n) is 14.9. The Morgan fingerprint density at radius 1 is 1.24 bits per heavy atom. The molecule has 0 saturated heterocycles. The number of nitrogens with zero attached hydrogens (tertiary/aromatic N) is 1. The summed E-state index contributed by atoms with van der Waals surface area (Å²) < 4.78 is 13.2. The Morgan fingerprint density at radius 3 is 2.88 bits per heavy atom. The summed E-state index contributed by atoms with van der Waals surface area (Å²) in [6.45, 7) is 3.67. The predicted molar refractivity (Wildman–Crippen MR) is 97.9 cm³/mol. The van der Waals surface area contributed by atoms with Gasteiger partial charge in [0.1, 0.15) is 5.82 Å². The lowest BCUT2D eigenvalue weighted by molar-refractivity contribution is -0.121. The molecule has 0 saturated carbocycles. The maximum Gasteiger partial charge on any atom is 0.220 e. The minimum atomic E-state index is -0.254. The van der Waals surface area contributed by atoms with Crippen molar-refractivity contribution in [1.82, 2.24) is 10.2 Å². The van der Waals surface area contributed by atoms with E-state index in [4.69, 9.17) is 0 Å². The molecule has 1 N–H and O–H groups in total. The third kappa shape index (κ3) is 4.67. The molecule has 25 heavy (non-hydrogen) atoms. The molecule has 0 aliphatic carbocycles. The van der Waals surface area contributed by atoms with E-state index in [2.05, 4.69) is 42.4 Å². The average Bonchev–Trinajstić information content (AvgIpc) is 2.58. The SMILES string of the molecule is Cc1ccc2c(c1)C[C@H](CNC(=O)CCc1cccc(F)c1)N(C)C2. The third-order valence-corrected chi connectivity index (χ3v) is 4.93. The van der Waals surface area contributed by atoms with E-state index < -0.39 is 0 Å². The van der Waals surface area contributed by atoms with Crippen molar-refractivity contribution in [2.45, 2.75) is 38.8 Å². The Balaban J connectivity index is 1.50. The first kappa shape index (κ1) is 17.6. The minimum Gasteiger partial charge on any atom is -0.355 e. The van der Waals surface area contributed by atoms with Gasteiger partial charge in [-0.05, 0) is 55.6 Å². The first-order valence-electron chi connectivity index (χ1n) is 8.81. The highest BCUT2D eigenvalue weighted by Crippen LogP contribution is 2.23. The van der Waals surface area contributed by atoms with Crippen molar-refractivity contribution in [3.05, 3.63) is 70.5 Å². The lowest BCUT2D eigenvalue weighted by Gasteiger charge is -2.34. The van der Waals surface area contributed by atoms with Crippen molar-refractivity contribution in [1.29, 1.82) is 0 Å². The number of amides is 1. The Labute approximate surface area is 148 Å². The van der Waals surface area contributed by atoms with Crippen molar-refractivity contribution < 1.29 is 9.18 Å². The molecule has 0 spiro atoms. The summed E-state index contributed by atoms with van der Waals surface area (Å²) in [5, 5.41) is 3.04. The number of hydrogen-bond acceptors (Lipinski definition) is 2. The molecule has 0 aromatic heterocycles. The fourth-order valence-electron chi connectivity index (χ4n) is 3.40. The zero-order valence-corrected chi connectivity index (χ0v) is 14.9. The van der Waals surface area contributed by atoms with Crippen LogP contribution in [0.15, 0.2) is 42.5 Å². The van der Waals surface area contributed by atoms with Gasteiger partial charge in [0.15, 0.2) is 0 Å². The topological polar surface area (TPSA) is 32.3 Å².